The second kappa shape index (κ2) is 5.33. The van der Waals surface area contributed by atoms with E-state index in [0.717, 1.165) is 16.7 Å². The fraction of sp³-hybridized carbons (Fsp3) is 0.294. The third-order valence-electron chi connectivity index (χ3n) is 3.49. The van der Waals surface area contributed by atoms with Gasteiger partial charge in [0.05, 0.1) is 0 Å². The molecule has 0 heterocycles. The fourth-order valence-corrected chi connectivity index (χ4v) is 2.75. The van der Waals surface area contributed by atoms with Crippen molar-refractivity contribution in [2.24, 2.45) is 5.73 Å². The van der Waals surface area contributed by atoms with Crippen LogP contribution in [0, 0.1) is 25.5 Å². The van der Waals surface area contributed by atoms with E-state index in [9.17, 15) is 8.78 Å². The Morgan fingerprint density at radius 1 is 1.05 bits per heavy atom. The van der Waals surface area contributed by atoms with E-state index in [1.54, 1.807) is 19.1 Å². The summed E-state index contributed by atoms with van der Waals surface area (Å²) < 4.78 is 27.2. The summed E-state index contributed by atoms with van der Waals surface area (Å²) in [6, 6.07) is 9.57. The van der Waals surface area contributed by atoms with Crippen LogP contribution in [-0.4, -0.2) is 0 Å². The molecule has 0 fully saturated rings. The average Bonchev–Trinajstić information content (AvgIpc) is 2.30. The zero-order chi connectivity index (χ0) is 14.9. The normalized spacial score (nSPS) is 14.1. The maximum atomic E-state index is 14.2. The summed E-state index contributed by atoms with van der Waals surface area (Å²) in [5.74, 6) is -0.570. The van der Waals surface area contributed by atoms with Gasteiger partial charge in [-0.2, -0.15) is 0 Å². The summed E-state index contributed by atoms with van der Waals surface area (Å²) in [5.41, 5.74) is 8.62. The van der Waals surface area contributed by atoms with Gasteiger partial charge < -0.3 is 5.73 Å². The van der Waals surface area contributed by atoms with Gasteiger partial charge in [0.15, 0.2) is 0 Å². The Balaban J connectivity index is 2.37. The van der Waals surface area contributed by atoms with E-state index in [4.69, 9.17) is 5.73 Å². The molecule has 2 aromatic carbocycles. The molecule has 0 radical (unpaired) electrons. The molecule has 0 aliphatic rings. The van der Waals surface area contributed by atoms with Gasteiger partial charge in [-0.25, -0.2) is 8.78 Å². The van der Waals surface area contributed by atoms with Crippen LogP contribution >= 0.6 is 0 Å². The second-order valence-electron chi connectivity index (χ2n) is 5.66. The molecular formula is C17H19F2N. The molecule has 0 aromatic heterocycles. The van der Waals surface area contributed by atoms with Crippen LogP contribution in [0.3, 0.4) is 0 Å². The number of halogens is 2. The average molecular weight is 275 g/mol. The van der Waals surface area contributed by atoms with Gasteiger partial charge in [-0.1, -0.05) is 18.2 Å². The highest BCUT2D eigenvalue weighted by atomic mass is 19.1. The molecule has 1 unspecified atom stereocenters. The highest BCUT2D eigenvalue weighted by Gasteiger charge is 2.27. The Kier molecular flexibility index (Phi) is 3.91. The largest absolute Gasteiger partial charge is 0.321 e. The van der Waals surface area contributed by atoms with E-state index in [1.165, 1.54) is 18.2 Å². The summed E-state index contributed by atoms with van der Waals surface area (Å²) in [6.07, 6.45) is 0.452. The summed E-state index contributed by atoms with van der Waals surface area (Å²) in [4.78, 5) is 0. The van der Waals surface area contributed by atoms with E-state index in [0.29, 0.717) is 12.0 Å². The first-order valence-corrected chi connectivity index (χ1v) is 6.60. The number of hydrogen-bond acceptors (Lipinski definition) is 1. The molecule has 0 bridgehead atoms. The van der Waals surface area contributed by atoms with Crippen molar-refractivity contribution in [1.82, 2.24) is 0 Å². The molecule has 0 aliphatic carbocycles. The van der Waals surface area contributed by atoms with Gasteiger partial charge in [-0.05, 0) is 62.1 Å². The smallest absolute Gasteiger partial charge is 0.128 e. The van der Waals surface area contributed by atoms with Crippen LogP contribution in [-0.2, 0) is 12.0 Å². The van der Waals surface area contributed by atoms with Crippen molar-refractivity contribution in [3.8, 4) is 0 Å². The molecule has 106 valence electrons. The molecule has 0 aliphatic heterocycles. The fourth-order valence-electron chi connectivity index (χ4n) is 2.75. The molecule has 3 heteroatoms. The van der Waals surface area contributed by atoms with Crippen LogP contribution in [0.4, 0.5) is 8.78 Å². The van der Waals surface area contributed by atoms with Gasteiger partial charge in [-0.15, -0.1) is 0 Å². The van der Waals surface area contributed by atoms with Gasteiger partial charge in [0.25, 0.3) is 0 Å². The molecule has 0 saturated carbocycles. The Labute approximate surface area is 118 Å². The Hall–Kier alpha value is -1.74. The second-order valence-corrected chi connectivity index (χ2v) is 5.66. The first-order valence-electron chi connectivity index (χ1n) is 6.60. The molecule has 2 aromatic rings. The van der Waals surface area contributed by atoms with Crippen molar-refractivity contribution in [3.63, 3.8) is 0 Å². The van der Waals surface area contributed by atoms with Crippen LogP contribution in [0.5, 0.6) is 0 Å². The number of nitrogens with two attached hydrogens (primary N) is 1. The SMILES string of the molecule is Cc1cc(C)c(C(C)(N)Cc2ccc(F)cc2)c(F)c1. The van der Waals surface area contributed by atoms with Crippen molar-refractivity contribution < 1.29 is 8.78 Å². The maximum absolute atomic E-state index is 14.2. The zero-order valence-electron chi connectivity index (χ0n) is 12.0. The topological polar surface area (TPSA) is 26.0 Å². The molecule has 1 atom stereocenters. The van der Waals surface area contributed by atoms with E-state index in [2.05, 4.69) is 0 Å². The summed E-state index contributed by atoms with van der Waals surface area (Å²) in [6.45, 7) is 5.52. The Morgan fingerprint density at radius 3 is 2.20 bits per heavy atom. The molecule has 20 heavy (non-hydrogen) atoms. The molecule has 0 saturated heterocycles. The molecule has 0 spiro atoms. The lowest BCUT2D eigenvalue weighted by Gasteiger charge is -2.28. The van der Waals surface area contributed by atoms with Gasteiger partial charge in [0.2, 0.25) is 0 Å². The standard InChI is InChI=1S/C17H19F2N/c1-11-8-12(2)16(15(19)9-11)17(3,20)10-13-4-6-14(18)7-5-13/h4-9H,10,20H2,1-3H3. The molecule has 2 N–H and O–H groups in total. The quantitative estimate of drug-likeness (QED) is 0.900. The lowest BCUT2D eigenvalue weighted by molar-refractivity contribution is 0.453. The highest BCUT2D eigenvalue weighted by Crippen LogP contribution is 2.29. The van der Waals surface area contributed by atoms with Crippen LogP contribution in [0.1, 0.15) is 29.2 Å². The number of rotatable bonds is 3. The van der Waals surface area contributed by atoms with E-state index in [-0.39, 0.29) is 11.6 Å². The van der Waals surface area contributed by atoms with E-state index < -0.39 is 5.54 Å². The van der Waals surface area contributed by atoms with Gasteiger partial charge >= 0.3 is 0 Å². The zero-order valence-corrected chi connectivity index (χ0v) is 12.0. The maximum Gasteiger partial charge on any atom is 0.128 e. The van der Waals surface area contributed by atoms with Gasteiger partial charge in [-0.3, -0.25) is 0 Å². The van der Waals surface area contributed by atoms with E-state index in [1.807, 2.05) is 19.9 Å². The third-order valence-corrected chi connectivity index (χ3v) is 3.49. The summed E-state index contributed by atoms with van der Waals surface area (Å²) in [5, 5.41) is 0. The van der Waals surface area contributed by atoms with Gasteiger partial charge in [0, 0.05) is 11.1 Å². The summed E-state index contributed by atoms with van der Waals surface area (Å²) >= 11 is 0. The van der Waals surface area contributed by atoms with Crippen molar-refractivity contribution in [2.45, 2.75) is 32.7 Å². The van der Waals surface area contributed by atoms with Crippen LogP contribution < -0.4 is 5.73 Å². The molecule has 0 amide bonds. The first kappa shape index (κ1) is 14.7. The first-order chi connectivity index (χ1) is 9.29. The minimum atomic E-state index is -0.834. The Bertz CT molecular complexity index is 592. The van der Waals surface area contributed by atoms with Crippen LogP contribution in [0.2, 0.25) is 0 Å². The number of benzene rings is 2. The minimum absolute atomic E-state index is 0.283. The predicted octanol–water partition coefficient (Wildman–Crippen LogP) is 4.00. The lowest BCUT2D eigenvalue weighted by Crippen LogP contribution is -2.37. The molecule has 1 nitrogen and oxygen atoms in total. The summed E-state index contributed by atoms with van der Waals surface area (Å²) in [7, 11) is 0. The third kappa shape index (κ3) is 3.05. The van der Waals surface area contributed by atoms with Crippen molar-refractivity contribution in [2.75, 3.05) is 0 Å². The van der Waals surface area contributed by atoms with Crippen molar-refractivity contribution in [1.29, 1.82) is 0 Å². The van der Waals surface area contributed by atoms with Crippen molar-refractivity contribution >= 4 is 0 Å². The predicted molar refractivity (Wildman–Crippen MR) is 77.5 cm³/mol. The Morgan fingerprint density at radius 2 is 1.65 bits per heavy atom. The number of aryl methyl sites for hydroxylation is 2. The van der Waals surface area contributed by atoms with Crippen LogP contribution in [0.15, 0.2) is 36.4 Å². The van der Waals surface area contributed by atoms with Gasteiger partial charge in [0.1, 0.15) is 11.6 Å². The highest BCUT2D eigenvalue weighted by molar-refractivity contribution is 5.38. The monoisotopic (exact) mass is 275 g/mol. The minimum Gasteiger partial charge on any atom is -0.321 e. The number of hydrogen-bond donors (Lipinski definition) is 1. The van der Waals surface area contributed by atoms with E-state index >= 15 is 0 Å². The lowest BCUT2D eigenvalue weighted by atomic mass is 9.83. The molecular weight excluding hydrogens is 256 g/mol. The van der Waals surface area contributed by atoms with Crippen LogP contribution in [0.25, 0.3) is 0 Å². The molecule has 2 rings (SSSR count). The van der Waals surface area contributed by atoms with Crippen molar-refractivity contribution in [3.05, 3.63) is 70.3 Å².